The van der Waals surface area contributed by atoms with E-state index in [-0.39, 0.29) is 11.8 Å². The van der Waals surface area contributed by atoms with E-state index in [1.165, 1.54) is 5.56 Å². The zero-order valence-electron chi connectivity index (χ0n) is 20.1. The van der Waals surface area contributed by atoms with Crippen LogP contribution in [0, 0.1) is 0 Å². The van der Waals surface area contributed by atoms with Gasteiger partial charge in [-0.15, -0.1) is 0 Å². The van der Waals surface area contributed by atoms with Gasteiger partial charge in [0.15, 0.2) is 0 Å². The standard InChI is InChI=1S/C27H34N4O3/c1-3-28-25(32)19-30-15-6-16-31(18-17-30)26(33)14-13-23-22-7-4-5-8-24(22)29-27(23)20-9-11-21(34-2)12-10-20/h4-5,7-12,29H,3,6,13-19H2,1-2H3,(H,28,32). The van der Waals surface area contributed by atoms with Crippen LogP contribution in [-0.2, 0) is 16.0 Å². The van der Waals surface area contributed by atoms with E-state index in [0.29, 0.717) is 32.5 Å². The molecule has 1 aromatic heterocycles. The first-order valence-corrected chi connectivity index (χ1v) is 12.1. The number of aromatic amines is 1. The van der Waals surface area contributed by atoms with E-state index in [1.807, 2.05) is 48.2 Å². The van der Waals surface area contributed by atoms with Crippen LogP contribution in [0.1, 0.15) is 25.3 Å². The summed E-state index contributed by atoms with van der Waals surface area (Å²) in [5, 5.41) is 4.01. The number of aryl methyl sites for hydroxylation is 1. The largest absolute Gasteiger partial charge is 0.497 e. The number of hydrogen-bond donors (Lipinski definition) is 2. The molecular weight excluding hydrogens is 428 g/mol. The third-order valence-corrected chi connectivity index (χ3v) is 6.46. The maximum Gasteiger partial charge on any atom is 0.234 e. The van der Waals surface area contributed by atoms with Crippen LogP contribution in [0.25, 0.3) is 22.2 Å². The second-order valence-corrected chi connectivity index (χ2v) is 8.72. The van der Waals surface area contributed by atoms with Crippen molar-refractivity contribution in [2.75, 3.05) is 46.4 Å². The van der Waals surface area contributed by atoms with Crippen LogP contribution in [0.5, 0.6) is 5.75 Å². The average Bonchev–Trinajstić information content (AvgIpc) is 3.06. The van der Waals surface area contributed by atoms with Gasteiger partial charge in [0.1, 0.15) is 5.75 Å². The molecule has 0 bridgehead atoms. The molecular formula is C27H34N4O3. The van der Waals surface area contributed by atoms with Crippen LogP contribution in [-0.4, -0.2) is 73.0 Å². The van der Waals surface area contributed by atoms with E-state index in [0.717, 1.165) is 54.0 Å². The van der Waals surface area contributed by atoms with Gasteiger partial charge in [-0.1, -0.05) is 18.2 Å². The number of carbonyl (C=O) groups is 2. The predicted molar refractivity (Wildman–Crippen MR) is 135 cm³/mol. The average molecular weight is 463 g/mol. The third-order valence-electron chi connectivity index (χ3n) is 6.46. The fourth-order valence-corrected chi connectivity index (χ4v) is 4.69. The zero-order valence-corrected chi connectivity index (χ0v) is 20.1. The molecule has 0 atom stereocenters. The van der Waals surface area contributed by atoms with E-state index in [2.05, 4.69) is 27.3 Å². The van der Waals surface area contributed by atoms with Gasteiger partial charge in [0.2, 0.25) is 11.8 Å². The Morgan fingerprint density at radius 3 is 2.59 bits per heavy atom. The van der Waals surface area contributed by atoms with E-state index < -0.39 is 0 Å². The molecule has 3 aromatic rings. The molecule has 180 valence electrons. The second-order valence-electron chi connectivity index (χ2n) is 8.72. The molecule has 34 heavy (non-hydrogen) atoms. The summed E-state index contributed by atoms with van der Waals surface area (Å²) in [6.45, 7) is 5.94. The first-order chi connectivity index (χ1) is 16.6. The lowest BCUT2D eigenvalue weighted by molar-refractivity contribution is -0.131. The van der Waals surface area contributed by atoms with Gasteiger partial charge in [0.25, 0.3) is 0 Å². The Morgan fingerprint density at radius 2 is 1.82 bits per heavy atom. The molecule has 0 unspecified atom stereocenters. The lowest BCUT2D eigenvalue weighted by Gasteiger charge is -2.22. The first kappa shape index (κ1) is 23.8. The van der Waals surface area contributed by atoms with Gasteiger partial charge in [0, 0.05) is 55.7 Å². The van der Waals surface area contributed by atoms with Gasteiger partial charge in [-0.2, -0.15) is 0 Å². The molecule has 7 nitrogen and oxygen atoms in total. The molecule has 0 spiro atoms. The lowest BCUT2D eigenvalue weighted by atomic mass is 10.0. The van der Waals surface area contributed by atoms with Crippen molar-refractivity contribution in [2.45, 2.75) is 26.2 Å². The number of carbonyl (C=O) groups excluding carboxylic acids is 2. The number of ether oxygens (including phenoxy) is 1. The molecule has 0 radical (unpaired) electrons. The van der Waals surface area contributed by atoms with E-state index in [9.17, 15) is 9.59 Å². The van der Waals surface area contributed by atoms with Crippen molar-refractivity contribution >= 4 is 22.7 Å². The number of H-pyrrole nitrogens is 1. The third kappa shape index (κ3) is 5.59. The van der Waals surface area contributed by atoms with E-state index in [1.54, 1.807) is 7.11 Å². The molecule has 1 aliphatic rings. The number of nitrogens with zero attached hydrogens (tertiary/aromatic N) is 2. The number of fused-ring (bicyclic) bond motifs is 1. The van der Waals surface area contributed by atoms with E-state index in [4.69, 9.17) is 4.74 Å². The van der Waals surface area contributed by atoms with Crippen molar-refractivity contribution in [3.05, 3.63) is 54.1 Å². The summed E-state index contributed by atoms with van der Waals surface area (Å²) in [7, 11) is 1.66. The van der Waals surface area contributed by atoms with Gasteiger partial charge < -0.3 is 19.9 Å². The van der Waals surface area contributed by atoms with Crippen LogP contribution in [0.2, 0.25) is 0 Å². The number of amides is 2. The summed E-state index contributed by atoms with van der Waals surface area (Å²) in [6, 6.07) is 16.3. The van der Waals surface area contributed by atoms with Gasteiger partial charge in [-0.05, 0) is 61.2 Å². The molecule has 2 amide bonds. The van der Waals surface area contributed by atoms with Crippen LogP contribution in [0.4, 0.5) is 0 Å². The maximum atomic E-state index is 13.1. The summed E-state index contributed by atoms with van der Waals surface area (Å²) in [6.07, 6.45) is 2.01. The molecule has 2 heterocycles. The van der Waals surface area contributed by atoms with Crippen LogP contribution in [0.15, 0.2) is 48.5 Å². The Labute approximate surface area is 201 Å². The van der Waals surface area contributed by atoms with Crippen LogP contribution in [0.3, 0.4) is 0 Å². The normalized spacial score (nSPS) is 14.7. The number of nitrogens with one attached hydrogen (secondary N) is 2. The number of hydrogen-bond acceptors (Lipinski definition) is 4. The first-order valence-electron chi connectivity index (χ1n) is 12.1. The van der Waals surface area contributed by atoms with Crippen molar-refractivity contribution in [3.63, 3.8) is 0 Å². The molecule has 7 heteroatoms. The fourth-order valence-electron chi connectivity index (χ4n) is 4.69. The highest BCUT2D eigenvalue weighted by Gasteiger charge is 2.21. The monoisotopic (exact) mass is 462 g/mol. The molecule has 1 saturated heterocycles. The number of aromatic nitrogens is 1. The molecule has 1 aliphatic heterocycles. The Bertz CT molecular complexity index is 1120. The highest BCUT2D eigenvalue weighted by atomic mass is 16.5. The summed E-state index contributed by atoms with van der Waals surface area (Å²) in [5.41, 5.74) is 4.38. The summed E-state index contributed by atoms with van der Waals surface area (Å²) in [4.78, 5) is 32.7. The fraction of sp³-hybridized carbons (Fsp3) is 0.407. The summed E-state index contributed by atoms with van der Waals surface area (Å²) in [5.74, 6) is 1.04. The number of likely N-dealkylation sites (N-methyl/N-ethyl adjacent to an activating group) is 1. The highest BCUT2D eigenvalue weighted by Crippen LogP contribution is 2.32. The van der Waals surface area contributed by atoms with Gasteiger partial charge in [-0.25, -0.2) is 0 Å². The van der Waals surface area contributed by atoms with Crippen LogP contribution < -0.4 is 10.1 Å². The predicted octanol–water partition coefficient (Wildman–Crippen LogP) is 3.45. The van der Waals surface area contributed by atoms with Gasteiger partial charge >= 0.3 is 0 Å². The Hall–Kier alpha value is -3.32. The van der Waals surface area contributed by atoms with Crippen molar-refractivity contribution in [1.29, 1.82) is 0 Å². The topological polar surface area (TPSA) is 77.7 Å². The lowest BCUT2D eigenvalue weighted by Crippen LogP contribution is -2.40. The second kappa shape index (κ2) is 11.2. The molecule has 2 aromatic carbocycles. The Kier molecular flexibility index (Phi) is 7.85. The number of rotatable bonds is 8. The highest BCUT2D eigenvalue weighted by molar-refractivity contribution is 5.91. The summed E-state index contributed by atoms with van der Waals surface area (Å²) < 4.78 is 5.31. The SMILES string of the molecule is CCNC(=O)CN1CCCN(C(=O)CCc2c(-c3ccc(OC)cc3)[nH]c3ccccc23)CC1. The number of para-hydroxylation sites is 1. The quantitative estimate of drug-likeness (QED) is 0.538. The Balaban J connectivity index is 1.44. The molecule has 2 N–H and O–H groups in total. The molecule has 4 rings (SSSR count). The van der Waals surface area contributed by atoms with Gasteiger partial charge in [-0.3, -0.25) is 14.5 Å². The van der Waals surface area contributed by atoms with Crippen molar-refractivity contribution in [3.8, 4) is 17.0 Å². The minimum atomic E-state index is 0.0488. The van der Waals surface area contributed by atoms with Crippen molar-refractivity contribution < 1.29 is 14.3 Å². The van der Waals surface area contributed by atoms with E-state index >= 15 is 0 Å². The number of benzene rings is 2. The molecule has 1 fully saturated rings. The maximum absolute atomic E-state index is 13.1. The minimum absolute atomic E-state index is 0.0488. The van der Waals surface area contributed by atoms with Crippen molar-refractivity contribution in [1.82, 2.24) is 20.1 Å². The molecule has 0 saturated carbocycles. The number of methoxy groups -OCH3 is 1. The molecule has 0 aliphatic carbocycles. The summed E-state index contributed by atoms with van der Waals surface area (Å²) >= 11 is 0. The Morgan fingerprint density at radius 1 is 1.03 bits per heavy atom. The van der Waals surface area contributed by atoms with Crippen molar-refractivity contribution in [2.24, 2.45) is 0 Å². The van der Waals surface area contributed by atoms with Crippen LogP contribution >= 0.6 is 0 Å². The zero-order chi connectivity index (χ0) is 23.9. The minimum Gasteiger partial charge on any atom is -0.497 e. The van der Waals surface area contributed by atoms with Gasteiger partial charge in [0.05, 0.1) is 13.7 Å². The smallest absolute Gasteiger partial charge is 0.234 e.